The van der Waals surface area contributed by atoms with E-state index in [1.54, 1.807) is 6.07 Å². The second-order valence-corrected chi connectivity index (χ2v) is 4.83. The van der Waals surface area contributed by atoms with Crippen molar-refractivity contribution in [3.63, 3.8) is 0 Å². The minimum Gasteiger partial charge on any atom is -0.478 e. The van der Waals surface area contributed by atoms with Gasteiger partial charge in [0.25, 0.3) is 5.91 Å². The van der Waals surface area contributed by atoms with Crippen LogP contribution in [0.5, 0.6) is 0 Å². The minimum absolute atomic E-state index is 0.104. The van der Waals surface area contributed by atoms with E-state index in [0.717, 1.165) is 11.3 Å². The van der Waals surface area contributed by atoms with Crippen LogP contribution in [0.2, 0.25) is 0 Å². The number of carbonyl (C=O) groups excluding carboxylic acids is 1. The summed E-state index contributed by atoms with van der Waals surface area (Å²) in [6.07, 6.45) is 4.78. The first-order valence-electron chi connectivity index (χ1n) is 5.54. The molecule has 98 valence electrons. The molecule has 19 heavy (non-hydrogen) atoms. The topological polar surface area (TPSA) is 92.2 Å². The lowest BCUT2D eigenvalue weighted by Gasteiger charge is -2.03. The number of carbonyl (C=O) groups is 2. The van der Waals surface area contributed by atoms with E-state index in [4.69, 9.17) is 5.11 Å². The predicted octanol–water partition coefficient (Wildman–Crippen LogP) is 2.05. The number of rotatable bonds is 4. The molecule has 0 saturated carbocycles. The number of aryl methyl sites for hydroxylation is 1. The number of aromatic carboxylic acids is 1. The fraction of sp³-hybridized carbons (Fsp3) is 0.167. The summed E-state index contributed by atoms with van der Waals surface area (Å²) in [5.74, 6) is -1.48. The summed E-state index contributed by atoms with van der Waals surface area (Å²) in [5.41, 5.74) is 0.386. The maximum atomic E-state index is 11.9. The molecule has 0 spiro atoms. The van der Waals surface area contributed by atoms with Crippen LogP contribution in [0.3, 0.4) is 0 Å². The van der Waals surface area contributed by atoms with E-state index in [2.05, 4.69) is 15.3 Å². The number of hydrogen-bond acceptors (Lipinski definition) is 5. The molecule has 6 nitrogen and oxygen atoms in total. The smallest absolute Gasteiger partial charge is 0.338 e. The van der Waals surface area contributed by atoms with Gasteiger partial charge in [-0.05, 0) is 12.5 Å². The van der Waals surface area contributed by atoms with Crippen LogP contribution >= 0.6 is 11.3 Å². The van der Waals surface area contributed by atoms with Gasteiger partial charge >= 0.3 is 5.97 Å². The number of hydrogen-bond donors (Lipinski definition) is 2. The van der Waals surface area contributed by atoms with Gasteiger partial charge in [-0.3, -0.25) is 4.79 Å². The molecule has 0 bridgehead atoms. The van der Waals surface area contributed by atoms with Crippen LogP contribution in [-0.4, -0.2) is 27.0 Å². The lowest BCUT2D eigenvalue weighted by Crippen LogP contribution is -2.13. The number of amides is 1. The SMILES string of the molecule is CCc1cc(C(=O)O)c(NC(=O)c2cncnc2)s1. The molecule has 0 radical (unpaired) electrons. The first kappa shape index (κ1) is 13.2. The third-order valence-electron chi connectivity index (χ3n) is 2.41. The Balaban J connectivity index is 2.26. The Bertz CT molecular complexity index is 610. The quantitative estimate of drug-likeness (QED) is 0.892. The summed E-state index contributed by atoms with van der Waals surface area (Å²) < 4.78 is 0. The van der Waals surface area contributed by atoms with Crippen molar-refractivity contribution < 1.29 is 14.7 Å². The van der Waals surface area contributed by atoms with Crippen molar-refractivity contribution in [2.45, 2.75) is 13.3 Å². The molecule has 2 heterocycles. The monoisotopic (exact) mass is 277 g/mol. The zero-order valence-electron chi connectivity index (χ0n) is 10.1. The van der Waals surface area contributed by atoms with Gasteiger partial charge < -0.3 is 10.4 Å². The normalized spacial score (nSPS) is 10.2. The van der Waals surface area contributed by atoms with Gasteiger partial charge in [-0.25, -0.2) is 14.8 Å². The average molecular weight is 277 g/mol. The van der Waals surface area contributed by atoms with Gasteiger partial charge in [0.1, 0.15) is 11.3 Å². The van der Waals surface area contributed by atoms with Gasteiger partial charge in [0.15, 0.2) is 0 Å². The van der Waals surface area contributed by atoms with Gasteiger partial charge in [-0.15, -0.1) is 11.3 Å². The molecule has 0 aliphatic rings. The van der Waals surface area contributed by atoms with Crippen LogP contribution in [0, 0.1) is 0 Å². The molecule has 0 aliphatic carbocycles. The molecule has 7 heteroatoms. The van der Waals surface area contributed by atoms with E-state index >= 15 is 0 Å². The van der Waals surface area contributed by atoms with Gasteiger partial charge in [-0.1, -0.05) is 6.92 Å². The highest BCUT2D eigenvalue weighted by Gasteiger charge is 2.17. The minimum atomic E-state index is -1.06. The molecule has 0 aromatic carbocycles. The van der Waals surface area contributed by atoms with Crippen LogP contribution in [-0.2, 0) is 6.42 Å². The van der Waals surface area contributed by atoms with Gasteiger partial charge in [0.2, 0.25) is 0 Å². The van der Waals surface area contributed by atoms with Crippen molar-refractivity contribution >= 4 is 28.2 Å². The zero-order valence-corrected chi connectivity index (χ0v) is 10.9. The molecule has 0 fully saturated rings. The Morgan fingerprint density at radius 2 is 2.05 bits per heavy atom. The molecule has 0 saturated heterocycles. The largest absolute Gasteiger partial charge is 0.478 e. The van der Waals surface area contributed by atoms with Crippen molar-refractivity contribution in [3.05, 3.63) is 40.8 Å². The summed E-state index contributed by atoms with van der Waals surface area (Å²) in [6, 6.07) is 1.57. The summed E-state index contributed by atoms with van der Waals surface area (Å²) in [4.78, 5) is 31.4. The van der Waals surface area contributed by atoms with Crippen LogP contribution < -0.4 is 5.32 Å². The molecular formula is C12H11N3O3S. The Labute approximate surface area is 113 Å². The molecule has 2 rings (SSSR count). The number of carboxylic acids is 1. The van der Waals surface area contributed by atoms with Crippen LogP contribution in [0.15, 0.2) is 24.8 Å². The lowest BCUT2D eigenvalue weighted by atomic mass is 10.2. The number of anilines is 1. The van der Waals surface area contributed by atoms with Gasteiger partial charge in [0.05, 0.1) is 11.1 Å². The highest BCUT2D eigenvalue weighted by Crippen LogP contribution is 2.28. The molecule has 0 unspecified atom stereocenters. The number of thiophene rings is 1. The van der Waals surface area contributed by atoms with E-state index in [9.17, 15) is 9.59 Å². The first-order valence-corrected chi connectivity index (χ1v) is 6.35. The third kappa shape index (κ3) is 2.94. The summed E-state index contributed by atoms with van der Waals surface area (Å²) in [5, 5.41) is 12.0. The van der Waals surface area contributed by atoms with Crippen molar-refractivity contribution in [1.82, 2.24) is 9.97 Å². The zero-order chi connectivity index (χ0) is 13.8. The van der Waals surface area contributed by atoms with Gasteiger partial charge in [0, 0.05) is 17.3 Å². The number of nitrogens with one attached hydrogen (secondary N) is 1. The molecule has 0 aliphatic heterocycles. The average Bonchev–Trinajstić information content (AvgIpc) is 2.83. The Kier molecular flexibility index (Phi) is 3.86. The van der Waals surface area contributed by atoms with E-state index in [1.165, 1.54) is 30.1 Å². The summed E-state index contributed by atoms with van der Waals surface area (Å²) in [6.45, 7) is 1.92. The molecule has 0 atom stereocenters. The molecule has 2 N–H and O–H groups in total. The molecule has 1 amide bonds. The summed E-state index contributed by atoms with van der Waals surface area (Å²) >= 11 is 1.26. The standard InChI is InChI=1S/C12H11N3O3S/c1-2-8-3-9(12(17)18)11(19-8)15-10(16)7-4-13-6-14-5-7/h3-6H,2H2,1H3,(H,15,16)(H,17,18). The Morgan fingerprint density at radius 3 is 2.63 bits per heavy atom. The maximum Gasteiger partial charge on any atom is 0.338 e. The molecule has 2 aromatic rings. The second-order valence-electron chi connectivity index (χ2n) is 3.70. The maximum absolute atomic E-state index is 11.9. The van der Waals surface area contributed by atoms with Gasteiger partial charge in [-0.2, -0.15) is 0 Å². The van der Waals surface area contributed by atoms with Crippen LogP contribution in [0.25, 0.3) is 0 Å². The fourth-order valence-electron chi connectivity index (χ4n) is 1.46. The predicted molar refractivity (Wildman–Crippen MR) is 70.6 cm³/mol. The van der Waals surface area contributed by atoms with E-state index < -0.39 is 11.9 Å². The highest BCUT2D eigenvalue weighted by atomic mass is 32.1. The lowest BCUT2D eigenvalue weighted by molar-refractivity contribution is 0.0698. The fourth-order valence-corrected chi connectivity index (χ4v) is 2.44. The van der Waals surface area contributed by atoms with E-state index in [1.807, 2.05) is 6.92 Å². The molecule has 2 aromatic heterocycles. The van der Waals surface area contributed by atoms with E-state index in [-0.39, 0.29) is 11.1 Å². The highest BCUT2D eigenvalue weighted by molar-refractivity contribution is 7.16. The molecular weight excluding hydrogens is 266 g/mol. The van der Waals surface area contributed by atoms with Crippen molar-refractivity contribution in [2.24, 2.45) is 0 Å². The van der Waals surface area contributed by atoms with Crippen molar-refractivity contribution in [2.75, 3.05) is 5.32 Å². The van der Waals surface area contributed by atoms with Crippen molar-refractivity contribution in [1.29, 1.82) is 0 Å². The van der Waals surface area contributed by atoms with E-state index in [0.29, 0.717) is 5.00 Å². The Morgan fingerprint density at radius 1 is 1.37 bits per heavy atom. The number of nitrogens with zero attached hydrogens (tertiary/aromatic N) is 2. The number of carboxylic acid groups (broad SMARTS) is 1. The number of aromatic nitrogens is 2. The van der Waals surface area contributed by atoms with Crippen molar-refractivity contribution in [3.8, 4) is 0 Å². The Hall–Kier alpha value is -2.28. The van der Waals surface area contributed by atoms with Crippen LogP contribution in [0.4, 0.5) is 5.00 Å². The first-order chi connectivity index (χ1) is 9.11. The third-order valence-corrected chi connectivity index (χ3v) is 3.61. The summed E-state index contributed by atoms with van der Waals surface area (Å²) in [7, 11) is 0. The van der Waals surface area contributed by atoms with Crippen LogP contribution in [0.1, 0.15) is 32.5 Å². The second kappa shape index (κ2) is 5.57.